The standard InChI is InChI=1S/C12H8BrFN4O/c1-18-11-8(5-17-18)12(16-6-15-11)19-7-2-3-9(13)10(14)4-7/h2-6H,1H3. The number of halogens is 2. The molecule has 3 rings (SSSR count). The molecule has 0 bridgehead atoms. The zero-order chi connectivity index (χ0) is 13.4. The van der Waals surface area contributed by atoms with E-state index in [0.29, 0.717) is 27.1 Å². The highest BCUT2D eigenvalue weighted by atomic mass is 79.9. The fourth-order valence-electron chi connectivity index (χ4n) is 1.67. The van der Waals surface area contributed by atoms with Crippen LogP contribution in [-0.2, 0) is 7.05 Å². The Morgan fingerprint density at radius 3 is 2.95 bits per heavy atom. The van der Waals surface area contributed by atoms with E-state index in [1.54, 1.807) is 30.1 Å². The number of benzene rings is 1. The lowest BCUT2D eigenvalue weighted by atomic mass is 10.3. The van der Waals surface area contributed by atoms with Crippen LogP contribution < -0.4 is 4.74 Å². The van der Waals surface area contributed by atoms with E-state index in [1.807, 2.05) is 0 Å². The molecule has 0 fully saturated rings. The molecule has 1 aromatic carbocycles. The van der Waals surface area contributed by atoms with Crippen molar-refractivity contribution in [2.45, 2.75) is 0 Å². The maximum Gasteiger partial charge on any atom is 0.233 e. The topological polar surface area (TPSA) is 52.8 Å². The molecule has 7 heteroatoms. The highest BCUT2D eigenvalue weighted by molar-refractivity contribution is 9.10. The minimum absolute atomic E-state index is 0.347. The van der Waals surface area contributed by atoms with Crippen LogP contribution in [0.25, 0.3) is 11.0 Å². The van der Waals surface area contributed by atoms with Gasteiger partial charge in [-0.1, -0.05) is 0 Å². The van der Waals surface area contributed by atoms with Gasteiger partial charge in [0, 0.05) is 13.1 Å². The van der Waals surface area contributed by atoms with Crippen molar-refractivity contribution in [3.05, 3.63) is 41.0 Å². The molecular formula is C12H8BrFN4O. The van der Waals surface area contributed by atoms with Crippen molar-refractivity contribution in [2.75, 3.05) is 0 Å². The number of hydrogen-bond donors (Lipinski definition) is 0. The van der Waals surface area contributed by atoms with Crippen LogP contribution in [0.1, 0.15) is 0 Å². The Bertz CT molecular complexity index is 759. The van der Waals surface area contributed by atoms with E-state index in [9.17, 15) is 4.39 Å². The number of ether oxygens (including phenoxy) is 1. The number of fused-ring (bicyclic) bond motifs is 1. The minimum atomic E-state index is -0.394. The van der Waals surface area contributed by atoms with Crippen LogP contribution in [0.2, 0.25) is 0 Å². The average Bonchev–Trinajstić information content (AvgIpc) is 2.77. The van der Waals surface area contributed by atoms with Gasteiger partial charge < -0.3 is 4.74 Å². The molecule has 2 heterocycles. The molecule has 0 radical (unpaired) electrons. The van der Waals surface area contributed by atoms with Gasteiger partial charge in [-0.2, -0.15) is 5.10 Å². The minimum Gasteiger partial charge on any atom is -0.438 e. The van der Waals surface area contributed by atoms with E-state index >= 15 is 0 Å². The normalized spacial score (nSPS) is 10.9. The quantitative estimate of drug-likeness (QED) is 0.727. The molecule has 19 heavy (non-hydrogen) atoms. The van der Waals surface area contributed by atoms with Crippen molar-refractivity contribution in [2.24, 2.45) is 7.05 Å². The van der Waals surface area contributed by atoms with Crippen LogP contribution in [0.3, 0.4) is 0 Å². The summed E-state index contributed by atoms with van der Waals surface area (Å²) in [5.74, 6) is 0.318. The zero-order valence-electron chi connectivity index (χ0n) is 9.84. The van der Waals surface area contributed by atoms with Crippen LogP contribution in [-0.4, -0.2) is 19.7 Å². The molecule has 0 spiro atoms. The van der Waals surface area contributed by atoms with Gasteiger partial charge >= 0.3 is 0 Å². The number of rotatable bonds is 2. The maximum atomic E-state index is 13.4. The molecule has 0 saturated heterocycles. The first-order valence-corrected chi connectivity index (χ1v) is 6.20. The summed E-state index contributed by atoms with van der Waals surface area (Å²) in [4.78, 5) is 8.15. The van der Waals surface area contributed by atoms with Crippen molar-refractivity contribution >= 4 is 27.0 Å². The predicted octanol–water partition coefficient (Wildman–Crippen LogP) is 3.06. The number of aromatic nitrogens is 4. The van der Waals surface area contributed by atoms with Crippen LogP contribution in [0, 0.1) is 5.82 Å². The Morgan fingerprint density at radius 1 is 1.32 bits per heavy atom. The molecule has 0 unspecified atom stereocenters. The lowest BCUT2D eigenvalue weighted by Crippen LogP contribution is -1.94. The zero-order valence-corrected chi connectivity index (χ0v) is 11.4. The van der Waals surface area contributed by atoms with Crippen molar-refractivity contribution in [3.8, 4) is 11.6 Å². The summed E-state index contributed by atoms with van der Waals surface area (Å²) in [5.41, 5.74) is 0.655. The Morgan fingerprint density at radius 2 is 2.16 bits per heavy atom. The summed E-state index contributed by atoms with van der Waals surface area (Å²) in [5, 5.41) is 4.76. The van der Waals surface area contributed by atoms with Crippen LogP contribution >= 0.6 is 15.9 Å². The number of nitrogens with zero attached hydrogens (tertiary/aromatic N) is 4. The van der Waals surface area contributed by atoms with Gasteiger partial charge in [-0.15, -0.1) is 0 Å². The largest absolute Gasteiger partial charge is 0.438 e. The van der Waals surface area contributed by atoms with Gasteiger partial charge in [0.2, 0.25) is 5.88 Å². The molecule has 3 aromatic rings. The van der Waals surface area contributed by atoms with Crippen molar-refractivity contribution in [1.82, 2.24) is 19.7 Å². The lowest BCUT2D eigenvalue weighted by molar-refractivity contribution is 0.462. The van der Waals surface area contributed by atoms with Gasteiger partial charge in [0.05, 0.1) is 10.7 Å². The van der Waals surface area contributed by atoms with E-state index in [2.05, 4.69) is 31.0 Å². The van der Waals surface area contributed by atoms with Crippen LogP contribution in [0.4, 0.5) is 4.39 Å². The molecule has 0 aliphatic heterocycles. The molecule has 0 N–H and O–H groups in total. The SMILES string of the molecule is Cn1ncc2c(Oc3ccc(Br)c(F)c3)ncnc21. The fraction of sp³-hybridized carbons (Fsp3) is 0.0833. The third kappa shape index (κ3) is 2.17. The van der Waals surface area contributed by atoms with Crippen molar-refractivity contribution < 1.29 is 9.13 Å². The molecular weight excluding hydrogens is 315 g/mol. The summed E-state index contributed by atoms with van der Waals surface area (Å²) in [6, 6.07) is 4.51. The second-order valence-corrected chi connectivity index (χ2v) is 4.72. The Balaban J connectivity index is 2.03. The molecule has 0 atom stereocenters. The fourth-order valence-corrected chi connectivity index (χ4v) is 1.92. The third-order valence-corrected chi connectivity index (χ3v) is 3.24. The monoisotopic (exact) mass is 322 g/mol. The van der Waals surface area contributed by atoms with Crippen LogP contribution in [0.5, 0.6) is 11.6 Å². The summed E-state index contributed by atoms with van der Waals surface area (Å²) in [6.07, 6.45) is 2.99. The highest BCUT2D eigenvalue weighted by Gasteiger charge is 2.10. The van der Waals surface area contributed by atoms with E-state index in [1.165, 1.54) is 12.4 Å². The van der Waals surface area contributed by atoms with Gasteiger partial charge in [-0.05, 0) is 28.1 Å². The first-order chi connectivity index (χ1) is 9.15. The predicted molar refractivity (Wildman–Crippen MR) is 70.5 cm³/mol. The second kappa shape index (κ2) is 4.58. The van der Waals surface area contributed by atoms with Crippen LogP contribution in [0.15, 0.2) is 35.2 Å². The van der Waals surface area contributed by atoms with Gasteiger partial charge in [0.1, 0.15) is 23.3 Å². The Hall–Kier alpha value is -2.02. The Labute approximate surface area is 116 Å². The number of hydrogen-bond acceptors (Lipinski definition) is 4. The molecule has 5 nitrogen and oxygen atoms in total. The van der Waals surface area contributed by atoms with E-state index in [4.69, 9.17) is 4.74 Å². The molecule has 2 aromatic heterocycles. The molecule has 0 aliphatic rings. The Kier molecular flexibility index (Phi) is 2.90. The highest BCUT2D eigenvalue weighted by Crippen LogP contribution is 2.28. The van der Waals surface area contributed by atoms with Crippen molar-refractivity contribution in [3.63, 3.8) is 0 Å². The summed E-state index contributed by atoms with van der Waals surface area (Å²) in [6.45, 7) is 0. The molecule has 96 valence electrons. The van der Waals surface area contributed by atoms with E-state index in [-0.39, 0.29) is 0 Å². The summed E-state index contributed by atoms with van der Waals surface area (Å²) in [7, 11) is 1.78. The van der Waals surface area contributed by atoms with Gasteiger partial charge in [-0.25, -0.2) is 14.4 Å². The summed E-state index contributed by atoms with van der Waals surface area (Å²) < 4.78 is 21.0. The average molecular weight is 323 g/mol. The third-order valence-electron chi connectivity index (χ3n) is 2.60. The molecule has 0 amide bonds. The maximum absolute atomic E-state index is 13.4. The first kappa shape index (κ1) is 12.0. The van der Waals surface area contributed by atoms with Crippen molar-refractivity contribution in [1.29, 1.82) is 0 Å². The van der Waals surface area contributed by atoms with Gasteiger partial charge in [0.25, 0.3) is 0 Å². The smallest absolute Gasteiger partial charge is 0.233 e. The molecule has 0 aliphatic carbocycles. The second-order valence-electron chi connectivity index (χ2n) is 3.86. The summed E-state index contributed by atoms with van der Waals surface area (Å²) >= 11 is 3.09. The van der Waals surface area contributed by atoms with E-state index < -0.39 is 5.82 Å². The number of aryl methyl sites for hydroxylation is 1. The lowest BCUT2D eigenvalue weighted by Gasteiger charge is -2.05. The first-order valence-electron chi connectivity index (χ1n) is 5.41. The van der Waals surface area contributed by atoms with Gasteiger partial charge in [0.15, 0.2) is 5.65 Å². The van der Waals surface area contributed by atoms with E-state index in [0.717, 1.165) is 0 Å². The van der Waals surface area contributed by atoms with Gasteiger partial charge in [-0.3, -0.25) is 4.68 Å². The molecule has 0 saturated carbocycles.